The summed E-state index contributed by atoms with van der Waals surface area (Å²) < 4.78 is 10.4. The van der Waals surface area contributed by atoms with Crippen LogP contribution in [0.15, 0.2) is 30.3 Å². The van der Waals surface area contributed by atoms with E-state index in [0.29, 0.717) is 5.56 Å². The van der Waals surface area contributed by atoms with Crippen molar-refractivity contribution in [2.45, 2.75) is 5.85 Å². The molecule has 0 aliphatic carbocycles. The average molecular weight is 191 g/mol. The minimum absolute atomic E-state index is 0. The molecule has 0 aliphatic heterocycles. The number of aliphatic hydroxyl groups is 1. The van der Waals surface area contributed by atoms with Gasteiger partial charge >= 0.3 is 2.85 Å². The Morgan fingerprint density at radius 1 is 1.33 bits per heavy atom. The summed E-state index contributed by atoms with van der Waals surface area (Å²) in [5, 5.41) is 9.08. The molecule has 0 radical (unpaired) electrons. The van der Waals surface area contributed by atoms with Gasteiger partial charge in [-0.3, -0.25) is 4.57 Å². The lowest BCUT2D eigenvalue weighted by Crippen LogP contribution is -1.89. The van der Waals surface area contributed by atoms with Gasteiger partial charge in [0.05, 0.1) is 0 Å². The summed E-state index contributed by atoms with van der Waals surface area (Å²) in [7, 11) is -2.86. The van der Waals surface area contributed by atoms with Crippen LogP contribution in [-0.2, 0) is 4.57 Å². The molecule has 12 heavy (non-hydrogen) atoms. The highest BCUT2D eigenvalue weighted by Gasteiger charge is 2.10. The van der Waals surface area contributed by atoms with Crippen molar-refractivity contribution in [2.24, 2.45) is 0 Å². The Bertz CT molecular complexity index is 260. The molecular formula is C7H14NO3P+2. The topological polar surface area (TPSA) is 92.5 Å². The molecule has 2 unspecified atom stereocenters. The smallest absolute Gasteiger partial charge is 0.378 e. The molecule has 0 aliphatic rings. The van der Waals surface area contributed by atoms with E-state index in [0.717, 1.165) is 0 Å². The highest BCUT2D eigenvalue weighted by Crippen LogP contribution is 2.34. The highest BCUT2D eigenvalue weighted by molar-refractivity contribution is 7.38. The maximum atomic E-state index is 10.4. The quantitative estimate of drug-likeness (QED) is 0.618. The van der Waals surface area contributed by atoms with Crippen LogP contribution in [-0.4, -0.2) is 10.00 Å². The molecule has 0 spiro atoms. The monoisotopic (exact) mass is 191 g/mol. The zero-order valence-electron chi connectivity index (χ0n) is 8.47. The first-order valence-corrected chi connectivity index (χ1v) is 4.61. The molecule has 0 aromatic heterocycles. The van der Waals surface area contributed by atoms with Crippen LogP contribution in [0, 0.1) is 0 Å². The molecule has 1 aromatic rings. The van der Waals surface area contributed by atoms with Crippen LogP contribution in [0.3, 0.4) is 0 Å². The predicted octanol–water partition coefficient (Wildman–Crippen LogP) is 1.53. The molecule has 0 bridgehead atoms. The molecule has 0 saturated heterocycles. The van der Waals surface area contributed by atoms with Gasteiger partial charge in [-0.2, -0.15) is 0 Å². The molecule has 68 valence electrons. The Kier molecular flexibility index (Phi) is 4.78. The van der Waals surface area contributed by atoms with Gasteiger partial charge in [0, 0.05) is 0 Å². The van der Waals surface area contributed by atoms with Gasteiger partial charge in [-0.1, -0.05) is 30.3 Å². The Hall–Kier alpha value is -0.670. The second-order valence-electron chi connectivity index (χ2n) is 2.15. The van der Waals surface area contributed by atoms with Gasteiger partial charge in [-0.15, -0.1) is 0 Å². The Morgan fingerprint density at radius 2 is 1.83 bits per heavy atom. The largest absolute Gasteiger partial charge is 1.00 e. The fourth-order valence-corrected chi connectivity index (χ4v) is 1.26. The van der Waals surface area contributed by atoms with Crippen molar-refractivity contribution in [3.63, 3.8) is 0 Å². The second-order valence-corrected chi connectivity index (χ2v) is 3.37. The van der Waals surface area contributed by atoms with Gasteiger partial charge in [-0.25, -0.2) is 0 Å². The van der Waals surface area contributed by atoms with E-state index in [-0.39, 0.29) is 9.00 Å². The van der Waals surface area contributed by atoms with Crippen LogP contribution in [0.2, 0.25) is 0 Å². The zero-order chi connectivity index (χ0) is 8.27. The summed E-state index contributed by atoms with van der Waals surface area (Å²) in [6.45, 7) is 0. The summed E-state index contributed by atoms with van der Waals surface area (Å²) in [5.41, 5.74) is 0.485. The molecule has 5 N–H and O–H groups in total. The lowest BCUT2D eigenvalue weighted by Gasteiger charge is -2.04. The first kappa shape index (κ1) is 11.3. The van der Waals surface area contributed by atoms with Crippen molar-refractivity contribution in [1.29, 1.82) is 0 Å². The molecule has 1 aromatic carbocycles. The van der Waals surface area contributed by atoms with Crippen molar-refractivity contribution in [2.75, 3.05) is 0 Å². The van der Waals surface area contributed by atoms with E-state index >= 15 is 0 Å². The van der Waals surface area contributed by atoms with Gasteiger partial charge in [0.15, 0.2) is 5.85 Å². The highest BCUT2D eigenvalue weighted by atomic mass is 31.1. The average Bonchev–Trinajstić information content (AvgIpc) is 2.05. The van der Waals surface area contributed by atoms with E-state index in [1.54, 1.807) is 30.3 Å². The van der Waals surface area contributed by atoms with E-state index in [4.69, 9.17) is 10.00 Å². The van der Waals surface area contributed by atoms with E-state index in [9.17, 15) is 4.57 Å². The van der Waals surface area contributed by atoms with Gasteiger partial charge < -0.3 is 16.2 Å². The van der Waals surface area contributed by atoms with Crippen molar-refractivity contribution in [3.05, 3.63) is 35.9 Å². The first-order chi connectivity index (χ1) is 5.22. The number of hydrogen-bond donors (Lipinski definition) is 3. The molecule has 1 rings (SSSR count). The third-order valence-electron chi connectivity index (χ3n) is 1.35. The van der Waals surface area contributed by atoms with E-state index in [2.05, 4.69) is 0 Å². The minimum Gasteiger partial charge on any atom is -0.378 e. The van der Waals surface area contributed by atoms with E-state index in [1.807, 2.05) is 0 Å². The van der Waals surface area contributed by atoms with Crippen LogP contribution in [0.1, 0.15) is 14.3 Å². The third kappa shape index (κ3) is 2.75. The summed E-state index contributed by atoms with van der Waals surface area (Å²) in [6, 6.07) is 8.43. The van der Waals surface area contributed by atoms with Crippen LogP contribution in [0.5, 0.6) is 0 Å². The van der Waals surface area contributed by atoms with E-state index in [1.165, 1.54) is 0 Å². The maximum absolute atomic E-state index is 10.4. The lowest BCUT2D eigenvalue weighted by molar-refractivity contribution is 0.243. The first-order valence-electron chi connectivity index (χ1n) is 3.17. The lowest BCUT2D eigenvalue weighted by atomic mass is 10.2. The van der Waals surface area contributed by atoms with Crippen molar-refractivity contribution in [3.8, 4) is 0 Å². The number of aliphatic hydroxyl groups excluding tert-OH is 1. The van der Waals surface area contributed by atoms with Crippen LogP contribution >= 0.6 is 8.03 Å². The van der Waals surface area contributed by atoms with Gasteiger partial charge in [0.2, 0.25) is 8.03 Å². The number of benzene rings is 1. The van der Waals surface area contributed by atoms with Crippen LogP contribution < -0.4 is 6.15 Å². The predicted molar refractivity (Wildman–Crippen MR) is 49.9 cm³/mol. The van der Waals surface area contributed by atoms with Gasteiger partial charge in [0.1, 0.15) is 0 Å². The Balaban J connectivity index is -0.000000403. The molecule has 0 amide bonds. The summed E-state index contributed by atoms with van der Waals surface area (Å²) in [6.07, 6.45) is 0. The summed E-state index contributed by atoms with van der Waals surface area (Å²) >= 11 is 0. The second kappa shape index (κ2) is 5.06. The number of hydrogen-bond acceptors (Lipinski definition) is 3. The molecule has 0 heterocycles. The van der Waals surface area contributed by atoms with Crippen LogP contribution in [0.4, 0.5) is 0 Å². The van der Waals surface area contributed by atoms with E-state index < -0.39 is 13.9 Å². The van der Waals surface area contributed by atoms with Crippen molar-refractivity contribution in [1.82, 2.24) is 6.15 Å². The maximum Gasteiger partial charge on any atom is 1.00 e. The van der Waals surface area contributed by atoms with Crippen molar-refractivity contribution >= 4 is 8.03 Å². The molecule has 0 fully saturated rings. The van der Waals surface area contributed by atoms with Gasteiger partial charge in [-0.05, 0) is 5.56 Å². The fraction of sp³-hybridized carbons (Fsp3) is 0.143. The summed E-state index contributed by atoms with van der Waals surface area (Å²) in [4.78, 5) is 8.57. The Labute approximate surface area is 74.3 Å². The Morgan fingerprint density at radius 3 is 2.25 bits per heavy atom. The minimum atomic E-state index is -2.86. The van der Waals surface area contributed by atoms with Gasteiger partial charge in [0.25, 0.3) is 0 Å². The SMILES string of the molecule is N.O=[PH](O)C(O)c1ccccc1.[H+].[H+]. The molecule has 5 heteroatoms. The normalized spacial score (nSPS) is 14.5. The molecule has 2 atom stereocenters. The standard InChI is InChI=1S/C7H9O3P.H3N/c8-7(11(9)10)6-4-2-1-3-5-6;/h1-5,7-8,11H,(H,9,10);1H3/p+2. The number of rotatable bonds is 2. The summed E-state index contributed by atoms with van der Waals surface area (Å²) in [5.74, 6) is -1.22. The van der Waals surface area contributed by atoms with Crippen molar-refractivity contribution < 1.29 is 17.4 Å². The molecular weight excluding hydrogens is 177 g/mol. The zero-order valence-corrected chi connectivity index (χ0v) is 7.47. The fourth-order valence-electron chi connectivity index (χ4n) is 0.778. The molecule has 0 saturated carbocycles. The third-order valence-corrected chi connectivity index (χ3v) is 2.15. The van der Waals surface area contributed by atoms with Crippen LogP contribution in [0.25, 0.3) is 0 Å². The molecule has 4 nitrogen and oxygen atoms in total.